The third-order valence-corrected chi connectivity index (χ3v) is 2.31. The Morgan fingerprint density at radius 3 is 2.47 bits per heavy atom. The molecule has 1 aromatic rings. The number of rotatable bonds is 2. The molecule has 1 aromatic carbocycles. The van der Waals surface area contributed by atoms with Gasteiger partial charge in [0.1, 0.15) is 6.61 Å². The zero-order chi connectivity index (χ0) is 12.3. The van der Waals surface area contributed by atoms with Crippen LogP contribution in [0.4, 0.5) is 13.2 Å². The van der Waals surface area contributed by atoms with Crippen molar-refractivity contribution in [3.8, 4) is 0 Å². The highest BCUT2D eigenvalue weighted by atomic mass is 19.4. The van der Waals surface area contributed by atoms with E-state index in [1.165, 1.54) is 12.1 Å². The lowest BCUT2D eigenvalue weighted by Gasteiger charge is -2.22. The Labute approximate surface area is 96.3 Å². The minimum Gasteiger partial charge on any atom is -0.463 e. The molecule has 3 nitrogen and oxygen atoms in total. The van der Waals surface area contributed by atoms with Gasteiger partial charge < -0.3 is 10.1 Å². The smallest absolute Gasteiger partial charge is 0.412 e. The molecular formula is C11H11F3N2O. The van der Waals surface area contributed by atoms with Crippen LogP contribution >= 0.6 is 0 Å². The quantitative estimate of drug-likeness (QED) is 0.865. The molecule has 1 aliphatic heterocycles. The van der Waals surface area contributed by atoms with E-state index in [0.29, 0.717) is 13.2 Å². The lowest BCUT2D eigenvalue weighted by molar-refractivity contribution is -0.154. The molecule has 0 aliphatic carbocycles. The van der Waals surface area contributed by atoms with Crippen LogP contribution in [-0.4, -0.2) is 25.3 Å². The van der Waals surface area contributed by atoms with Gasteiger partial charge in [0, 0.05) is 0 Å². The van der Waals surface area contributed by atoms with Gasteiger partial charge in [-0.25, -0.2) is 4.99 Å². The number of nitrogens with one attached hydrogen (secondary N) is 1. The Kier molecular flexibility index (Phi) is 3.21. The average Bonchev–Trinajstić information content (AvgIpc) is 2.78. The molecule has 17 heavy (non-hydrogen) atoms. The summed E-state index contributed by atoms with van der Waals surface area (Å²) >= 11 is 0. The van der Waals surface area contributed by atoms with E-state index in [-0.39, 0.29) is 11.6 Å². The first-order valence-electron chi connectivity index (χ1n) is 5.13. The topological polar surface area (TPSA) is 33.6 Å². The minimum absolute atomic E-state index is 0.0452. The summed E-state index contributed by atoms with van der Waals surface area (Å²) < 4.78 is 43.6. The molecule has 92 valence electrons. The number of ether oxygens (including phenoxy) is 1. The molecular weight excluding hydrogens is 233 g/mol. The van der Waals surface area contributed by atoms with E-state index in [0.717, 1.165) is 0 Å². The van der Waals surface area contributed by atoms with Crippen LogP contribution in [0, 0.1) is 0 Å². The molecule has 2 rings (SSSR count). The van der Waals surface area contributed by atoms with Crippen LogP contribution in [0.15, 0.2) is 35.3 Å². The van der Waals surface area contributed by atoms with Gasteiger partial charge in [0.05, 0.1) is 6.54 Å². The Morgan fingerprint density at radius 1 is 1.24 bits per heavy atom. The van der Waals surface area contributed by atoms with Crippen LogP contribution in [0.3, 0.4) is 0 Å². The molecule has 0 bridgehead atoms. The van der Waals surface area contributed by atoms with Crippen molar-refractivity contribution in [3.63, 3.8) is 0 Å². The molecule has 6 heteroatoms. The molecule has 0 aromatic heterocycles. The first-order chi connectivity index (χ1) is 8.07. The van der Waals surface area contributed by atoms with Gasteiger partial charge in [-0.15, -0.1) is 0 Å². The molecule has 1 aliphatic rings. The minimum atomic E-state index is -4.39. The number of benzene rings is 1. The number of aliphatic imine (C=N–C) groups is 1. The van der Waals surface area contributed by atoms with Crippen LogP contribution < -0.4 is 5.32 Å². The molecule has 0 amide bonds. The van der Waals surface area contributed by atoms with Gasteiger partial charge in [-0.1, -0.05) is 30.3 Å². The van der Waals surface area contributed by atoms with E-state index in [4.69, 9.17) is 4.74 Å². The highest BCUT2D eigenvalue weighted by molar-refractivity contribution is 5.75. The Morgan fingerprint density at radius 2 is 1.94 bits per heavy atom. The van der Waals surface area contributed by atoms with E-state index >= 15 is 0 Å². The summed E-state index contributed by atoms with van der Waals surface area (Å²) in [6, 6.07) is 5.79. The van der Waals surface area contributed by atoms with Gasteiger partial charge in [0.15, 0.2) is 6.04 Å². The van der Waals surface area contributed by atoms with Crippen LogP contribution in [0.5, 0.6) is 0 Å². The van der Waals surface area contributed by atoms with E-state index in [1.54, 1.807) is 18.2 Å². The maximum Gasteiger partial charge on any atom is 0.412 e. The van der Waals surface area contributed by atoms with Crippen LogP contribution in [0.2, 0.25) is 0 Å². The number of alkyl halides is 3. The van der Waals surface area contributed by atoms with Gasteiger partial charge >= 0.3 is 6.18 Å². The Balaban J connectivity index is 2.20. The van der Waals surface area contributed by atoms with Gasteiger partial charge in [-0.05, 0) is 5.56 Å². The fourth-order valence-electron chi connectivity index (χ4n) is 1.55. The van der Waals surface area contributed by atoms with Crippen LogP contribution in [-0.2, 0) is 4.74 Å². The summed E-state index contributed by atoms with van der Waals surface area (Å²) in [5, 5.41) is 2.27. The number of halogens is 3. The molecule has 0 spiro atoms. The van der Waals surface area contributed by atoms with Crippen LogP contribution in [0.1, 0.15) is 11.6 Å². The average molecular weight is 244 g/mol. The standard InChI is InChI=1S/C11H11F3N2O/c12-11(13,14)9(8-4-2-1-3-5-8)16-10-15-6-7-17-10/h1-5,9H,6-7H2,(H,15,16). The zero-order valence-corrected chi connectivity index (χ0v) is 8.87. The summed E-state index contributed by atoms with van der Waals surface area (Å²) in [7, 11) is 0. The summed E-state index contributed by atoms with van der Waals surface area (Å²) in [5.41, 5.74) is 0.137. The predicted octanol–water partition coefficient (Wildman–Crippen LogP) is 2.27. The van der Waals surface area contributed by atoms with Gasteiger partial charge in [0.2, 0.25) is 0 Å². The third kappa shape index (κ3) is 2.89. The van der Waals surface area contributed by atoms with E-state index in [1.807, 2.05) is 0 Å². The van der Waals surface area contributed by atoms with Crippen molar-refractivity contribution in [2.24, 2.45) is 4.99 Å². The molecule has 1 atom stereocenters. The zero-order valence-electron chi connectivity index (χ0n) is 8.87. The second-order valence-electron chi connectivity index (χ2n) is 3.56. The first-order valence-corrected chi connectivity index (χ1v) is 5.13. The monoisotopic (exact) mass is 244 g/mol. The van der Waals surface area contributed by atoms with E-state index < -0.39 is 12.2 Å². The molecule has 0 fully saturated rings. The van der Waals surface area contributed by atoms with Crippen molar-refractivity contribution in [2.75, 3.05) is 13.2 Å². The van der Waals surface area contributed by atoms with Gasteiger partial charge in [0.25, 0.3) is 6.02 Å². The summed E-state index contributed by atoms with van der Waals surface area (Å²) in [5.74, 6) is 0. The summed E-state index contributed by atoms with van der Waals surface area (Å²) in [4.78, 5) is 3.80. The number of nitrogens with zero attached hydrogens (tertiary/aromatic N) is 1. The molecule has 0 radical (unpaired) electrons. The van der Waals surface area contributed by atoms with Crippen LogP contribution in [0.25, 0.3) is 0 Å². The fraction of sp³-hybridized carbons (Fsp3) is 0.364. The normalized spacial score (nSPS) is 17.2. The fourth-order valence-corrected chi connectivity index (χ4v) is 1.55. The van der Waals surface area contributed by atoms with Crippen molar-refractivity contribution in [1.82, 2.24) is 5.32 Å². The van der Waals surface area contributed by atoms with Gasteiger partial charge in [-0.3, -0.25) is 0 Å². The van der Waals surface area contributed by atoms with E-state index in [9.17, 15) is 13.2 Å². The summed E-state index contributed by atoms with van der Waals surface area (Å²) in [6.45, 7) is 0.712. The van der Waals surface area contributed by atoms with E-state index in [2.05, 4.69) is 10.3 Å². The van der Waals surface area contributed by atoms with Crippen molar-refractivity contribution in [3.05, 3.63) is 35.9 Å². The van der Waals surface area contributed by atoms with Crippen molar-refractivity contribution < 1.29 is 17.9 Å². The lowest BCUT2D eigenvalue weighted by atomic mass is 10.1. The largest absolute Gasteiger partial charge is 0.463 e. The molecule has 0 saturated carbocycles. The number of hydrogen-bond acceptors (Lipinski definition) is 3. The first kappa shape index (κ1) is 11.8. The maximum atomic E-state index is 12.9. The predicted molar refractivity (Wildman–Crippen MR) is 56.6 cm³/mol. The maximum absolute atomic E-state index is 12.9. The molecule has 1 unspecified atom stereocenters. The third-order valence-electron chi connectivity index (χ3n) is 2.31. The SMILES string of the molecule is FC(F)(F)C(NC1=NCCO1)c1ccccc1. The second kappa shape index (κ2) is 4.65. The van der Waals surface area contributed by atoms with Crippen molar-refractivity contribution in [1.29, 1.82) is 0 Å². The Bertz CT molecular complexity index is 403. The Hall–Kier alpha value is -1.72. The number of amidine groups is 1. The highest BCUT2D eigenvalue weighted by Crippen LogP contribution is 2.32. The summed E-state index contributed by atoms with van der Waals surface area (Å²) in [6.07, 6.45) is -4.39. The lowest BCUT2D eigenvalue weighted by Crippen LogP contribution is -2.38. The molecule has 0 saturated heterocycles. The van der Waals surface area contributed by atoms with Crippen molar-refractivity contribution >= 4 is 6.02 Å². The molecule has 1 N–H and O–H groups in total. The molecule has 1 heterocycles. The number of hydrogen-bond donors (Lipinski definition) is 1. The van der Waals surface area contributed by atoms with Gasteiger partial charge in [-0.2, -0.15) is 13.2 Å². The second-order valence-corrected chi connectivity index (χ2v) is 3.56. The highest BCUT2D eigenvalue weighted by Gasteiger charge is 2.41. The van der Waals surface area contributed by atoms with Crippen molar-refractivity contribution in [2.45, 2.75) is 12.2 Å².